The maximum absolute atomic E-state index is 11.6. The van der Waals surface area contributed by atoms with Gasteiger partial charge in [0.2, 0.25) is 5.91 Å². The van der Waals surface area contributed by atoms with E-state index in [4.69, 9.17) is 22.2 Å². The van der Waals surface area contributed by atoms with Crippen molar-refractivity contribution in [2.75, 3.05) is 6.54 Å². The van der Waals surface area contributed by atoms with Crippen LogP contribution in [0.15, 0.2) is 0 Å². The van der Waals surface area contributed by atoms with Crippen LogP contribution in [0.1, 0.15) is 37.5 Å². The van der Waals surface area contributed by atoms with Crippen LogP contribution in [-0.2, 0) is 11.3 Å². The van der Waals surface area contributed by atoms with Gasteiger partial charge in [-0.05, 0) is 23.2 Å². The Morgan fingerprint density at radius 1 is 1.43 bits per heavy atom. The SMILES string of the molecule is C#CCNC(=O)Cn1nnnc1C(N)CCCCCB(O)O.Cl. The number of amides is 1. The van der Waals surface area contributed by atoms with E-state index >= 15 is 0 Å². The van der Waals surface area contributed by atoms with E-state index in [1.165, 1.54) is 4.68 Å². The number of unbranched alkanes of at least 4 members (excludes halogenated alkanes) is 2. The molecule has 1 amide bonds. The molecule has 1 heterocycles. The van der Waals surface area contributed by atoms with Gasteiger partial charge in [-0.1, -0.05) is 25.2 Å². The number of terminal acetylenes is 1. The van der Waals surface area contributed by atoms with E-state index in [0.29, 0.717) is 25.0 Å². The lowest BCUT2D eigenvalue weighted by Crippen LogP contribution is -2.30. The number of carbonyl (C=O) groups excluding carboxylic acids is 1. The molecule has 9 nitrogen and oxygen atoms in total. The van der Waals surface area contributed by atoms with Gasteiger partial charge in [-0.15, -0.1) is 23.9 Å². The fourth-order valence-electron chi connectivity index (χ4n) is 1.93. The number of nitrogens with zero attached hydrogens (tertiary/aromatic N) is 4. The summed E-state index contributed by atoms with van der Waals surface area (Å²) in [6, 6.07) is -0.380. The Balaban J connectivity index is 0.00000484. The fraction of sp³-hybridized carbons (Fsp3) is 0.667. The average molecular weight is 345 g/mol. The lowest BCUT2D eigenvalue weighted by Gasteiger charge is -2.11. The fourth-order valence-corrected chi connectivity index (χ4v) is 1.93. The second-order valence-corrected chi connectivity index (χ2v) is 4.90. The van der Waals surface area contributed by atoms with E-state index < -0.39 is 7.12 Å². The first kappa shape index (κ1) is 21.3. The van der Waals surface area contributed by atoms with Gasteiger partial charge in [0.05, 0.1) is 12.6 Å². The molecule has 0 aromatic carbocycles. The van der Waals surface area contributed by atoms with Gasteiger partial charge in [-0.3, -0.25) is 4.79 Å². The van der Waals surface area contributed by atoms with Crippen LogP contribution in [0.3, 0.4) is 0 Å². The normalized spacial score (nSPS) is 11.2. The van der Waals surface area contributed by atoms with Crippen LogP contribution < -0.4 is 11.1 Å². The summed E-state index contributed by atoms with van der Waals surface area (Å²) in [4.78, 5) is 11.6. The molecule has 0 saturated carbocycles. The Hall–Kier alpha value is -1.67. The first-order valence-corrected chi connectivity index (χ1v) is 7.12. The van der Waals surface area contributed by atoms with Gasteiger partial charge >= 0.3 is 7.12 Å². The van der Waals surface area contributed by atoms with E-state index in [9.17, 15) is 4.79 Å². The molecule has 23 heavy (non-hydrogen) atoms. The zero-order valence-electron chi connectivity index (χ0n) is 12.8. The highest BCUT2D eigenvalue weighted by Gasteiger charge is 2.16. The topological polar surface area (TPSA) is 139 Å². The summed E-state index contributed by atoms with van der Waals surface area (Å²) >= 11 is 0. The molecule has 1 unspecified atom stereocenters. The van der Waals surface area contributed by atoms with Gasteiger partial charge < -0.3 is 21.1 Å². The summed E-state index contributed by atoms with van der Waals surface area (Å²) in [6.45, 7) is 0.119. The monoisotopic (exact) mass is 344 g/mol. The van der Waals surface area contributed by atoms with E-state index in [1.54, 1.807) is 0 Å². The molecule has 1 atom stereocenters. The molecule has 0 bridgehead atoms. The molecule has 0 aliphatic rings. The number of rotatable bonds is 10. The molecular weight excluding hydrogens is 322 g/mol. The van der Waals surface area contributed by atoms with Crippen molar-refractivity contribution in [3.63, 3.8) is 0 Å². The Kier molecular flexibility index (Phi) is 11.0. The zero-order valence-corrected chi connectivity index (χ0v) is 13.6. The van der Waals surface area contributed by atoms with Crippen molar-refractivity contribution in [3.8, 4) is 12.3 Å². The minimum Gasteiger partial charge on any atom is -0.427 e. The first-order chi connectivity index (χ1) is 10.5. The minimum atomic E-state index is -1.26. The van der Waals surface area contributed by atoms with E-state index in [0.717, 1.165) is 12.8 Å². The quantitative estimate of drug-likeness (QED) is 0.239. The van der Waals surface area contributed by atoms with Crippen LogP contribution in [0.2, 0.25) is 6.32 Å². The number of halogens is 1. The third kappa shape index (κ3) is 8.51. The van der Waals surface area contributed by atoms with Crippen LogP contribution in [-0.4, -0.2) is 49.8 Å². The van der Waals surface area contributed by atoms with Crippen molar-refractivity contribution in [1.82, 2.24) is 25.5 Å². The third-order valence-corrected chi connectivity index (χ3v) is 3.05. The third-order valence-electron chi connectivity index (χ3n) is 3.05. The number of nitrogens with two attached hydrogens (primary N) is 1. The number of tetrazole rings is 1. The highest BCUT2D eigenvalue weighted by atomic mass is 35.5. The molecule has 1 aromatic heterocycles. The number of aromatic nitrogens is 4. The zero-order chi connectivity index (χ0) is 16.4. The summed E-state index contributed by atoms with van der Waals surface area (Å²) in [5.74, 6) is 2.47. The molecule has 0 fully saturated rings. The van der Waals surface area contributed by atoms with Crippen LogP contribution in [0.25, 0.3) is 0 Å². The second kappa shape index (κ2) is 11.8. The smallest absolute Gasteiger partial charge is 0.427 e. The van der Waals surface area contributed by atoms with E-state index in [2.05, 4.69) is 26.8 Å². The first-order valence-electron chi connectivity index (χ1n) is 7.12. The van der Waals surface area contributed by atoms with Crippen molar-refractivity contribution in [3.05, 3.63) is 5.82 Å². The van der Waals surface area contributed by atoms with Gasteiger partial charge in [0, 0.05) is 0 Å². The van der Waals surface area contributed by atoms with Crippen molar-refractivity contribution in [1.29, 1.82) is 0 Å². The predicted molar refractivity (Wildman–Crippen MR) is 87.3 cm³/mol. The second-order valence-electron chi connectivity index (χ2n) is 4.90. The van der Waals surface area contributed by atoms with Crippen LogP contribution in [0.4, 0.5) is 0 Å². The van der Waals surface area contributed by atoms with Crippen molar-refractivity contribution < 1.29 is 14.8 Å². The summed E-state index contributed by atoms with van der Waals surface area (Å²) in [6.07, 6.45) is 8.41. The maximum atomic E-state index is 11.6. The molecule has 5 N–H and O–H groups in total. The number of hydrogen-bond acceptors (Lipinski definition) is 7. The lowest BCUT2D eigenvalue weighted by molar-refractivity contribution is -0.121. The highest BCUT2D eigenvalue weighted by Crippen LogP contribution is 2.15. The number of nitrogens with one attached hydrogen (secondary N) is 1. The molecule has 128 valence electrons. The largest absolute Gasteiger partial charge is 0.451 e. The molecule has 0 saturated heterocycles. The Morgan fingerprint density at radius 3 is 2.83 bits per heavy atom. The molecule has 0 spiro atoms. The van der Waals surface area contributed by atoms with Crippen LogP contribution in [0.5, 0.6) is 0 Å². The predicted octanol–water partition coefficient (Wildman–Crippen LogP) is -1.12. The van der Waals surface area contributed by atoms with E-state index in [1.807, 2.05) is 0 Å². The Labute approximate surface area is 141 Å². The van der Waals surface area contributed by atoms with Gasteiger partial charge in [0.25, 0.3) is 0 Å². The van der Waals surface area contributed by atoms with Gasteiger partial charge in [-0.2, -0.15) is 0 Å². The van der Waals surface area contributed by atoms with Gasteiger partial charge in [0.1, 0.15) is 6.54 Å². The van der Waals surface area contributed by atoms with Gasteiger partial charge in [-0.25, -0.2) is 4.68 Å². The van der Waals surface area contributed by atoms with Crippen molar-refractivity contribution >= 4 is 25.4 Å². The van der Waals surface area contributed by atoms with E-state index in [-0.39, 0.29) is 37.4 Å². The molecule has 11 heteroatoms. The minimum absolute atomic E-state index is 0. The number of hydrogen-bond donors (Lipinski definition) is 4. The van der Waals surface area contributed by atoms with Crippen molar-refractivity contribution in [2.24, 2.45) is 5.73 Å². The lowest BCUT2D eigenvalue weighted by atomic mass is 9.83. The maximum Gasteiger partial charge on any atom is 0.451 e. The number of carbonyl (C=O) groups is 1. The summed E-state index contributed by atoms with van der Waals surface area (Å²) in [7, 11) is -1.26. The van der Waals surface area contributed by atoms with Crippen LogP contribution in [0, 0.1) is 12.3 Å². The molecule has 1 rings (SSSR count). The molecule has 1 aromatic rings. The Morgan fingerprint density at radius 2 is 2.17 bits per heavy atom. The molecule has 0 aliphatic carbocycles. The molecular formula is C12H22BClN6O3. The average Bonchev–Trinajstić information content (AvgIpc) is 2.92. The summed E-state index contributed by atoms with van der Waals surface area (Å²) in [5, 5.41) is 31.2. The highest BCUT2D eigenvalue weighted by molar-refractivity contribution is 6.40. The molecule has 0 aliphatic heterocycles. The van der Waals surface area contributed by atoms with Crippen LogP contribution >= 0.6 is 12.4 Å². The Bertz CT molecular complexity index is 507. The summed E-state index contributed by atoms with van der Waals surface area (Å²) < 4.78 is 1.36. The standard InChI is InChI=1S/C12H21BN6O3.ClH/c1-2-8-15-11(20)9-19-12(16-17-18-19)10(14)6-4-3-5-7-13(21)22;/h1,10,21-22H,3-9,14H2,(H,15,20);1H. The van der Waals surface area contributed by atoms with Gasteiger partial charge in [0.15, 0.2) is 5.82 Å². The molecule has 0 radical (unpaired) electrons. The van der Waals surface area contributed by atoms with Crippen molar-refractivity contribution in [2.45, 2.75) is 44.6 Å². The summed E-state index contributed by atoms with van der Waals surface area (Å²) in [5.41, 5.74) is 6.03.